The van der Waals surface area contributed by atoms with Gasteiger partial charge >= 0.3 is 0 Å². The monoisotopic (exact) mass is 627 g/mol. The van der Waals surface area contributed by atoms with Crippen LogP contribution in [0.4, 0.5) is 0 Å². The smallest absolute Gasteiger partial charge is 0.186 e. The van der Waals surface area contributed by atoms with E-state index in [0.717, 1.165) is 0 Å². The maximum Gasteiger partial charge on any atom is 0.186 e. The third-order valence-corrected chi connectivity index (χ3v) is 8.64. The van der Waals surface area contributed by atoms with Crippen LogP contribution in [-0.2, 0) is 28.4 Å². The van der Waals surface area contributed by atoms with E-state index in [0.29, 0.717) is 0 Å². The highest BCUT2D eigenvalue weighted by molar-refractivity contribution is 5.01. The molecule has 0 amide bonds. The third-order valence-electron chi connectivity index (χ3n) is 8.64. The van der Waals surface area contributed by atoms with Crippen LogP contribution in [0.1, 0.15) is 12.8 Å². The van der Waals surface area contributed by atoms with Crippen LogP contribution in [0.5, 0.6) is 0 Å². The minimum Gasteiger partial charge on any atom is -0.390 e. The van der Waals surface area contributed by atoms with Gasteiger partial charge < -0.3 is 99.2 Å². The zero-order valence-electron chi connectivity index (χ0n) is 23.7. The average molecular weight is 628 g/mol. The lowest BCUT2D eigenvalue weighted by Gasteiger charge is -2.48. The van der Waals surface area contributed by atoms with Gasteiger partial charge in [0, 0.05) is 25.2 Å². The van der Waals surface area contributed by atoms with Crippen molar-refractivity contribution in [2.45, 2.75) is 129 Å². The first kappa shape index (κ1) is 35.1. The van der Waals surface area contributed by atoms with Crippen molar-refractivity contribution < 1.29 is 59.1 Å². The number of hydrogen-bond acceptors (Lipinski definition) is 19. The molecule has 3 heterocycles. The predicted molar refractivity (Wildman–Crippen MR) is 145 cm³/mol. The summed E-state index contributed by atoms with van der Waals surface area (Å²) in [5, 5.41) is 62.6. The van der Waals surface area contributed by atoms with Crippen molar-refractivity contribution in [3.63, 3.8) is 0 Å². The van der Waals surface area contributed by atoms with Gasteiger partial charge in [-0.25, -0.2) is 0 Å². The van der Waals surface area contributed by atoms with E-state index < -0.39 is 116 Å². The molecule has 0 aromatic rings. The van der Waals surface area contributed by atoms with Crippen molar-refractivity contribution in [3.8, 4) is 0 Å². The van der Waals surface area contributed by atoms with Crippen molar-refractivity contribution in [3.05, 3.63) is 0 Å². The van der Waals surface area contributed by atoms with Gasteiger partial charge in [-0.3, -0.25) is 0 Å². The normalized spacial score (nSPS) is 53.1. The Kier molecular flexibility index (Phi) is 12.1. The fourth-order valence-electron chi connectivity index (χ4n) is 5.90. The van der Waals surface area contributed by atoms with Crippen LogP contribution in [0.25, 0.3) is 0 Å². The van der Waals surface area contributed by atoms with Gasteiger partial charge in [0.2, 0.25) is 0 Å². The SMILES string of the molecule is NC[C@@H]1O[C@H](OC[C@H]2O[C@H](O[C@@H]3[C@@H](O)[C@H](O[C@H]4O[C@H](CN)[C@@H](O)C[C@H]4N)[C@@H](N)C[C@H]3N)[C@H](N)[C@@H](O)[C@H]2N)[C@@H](O)[C@H](O)[C@H]1O. The van der Waals surface area contributed by atoms with Crippen LogP contribution in [0.15, 0.2) is 0 Å². The van der Waals surface area contributed by atoms with Crippen LogP contribution in [0.3, 0.4) is 0 Å². The van der Waals surface area contributed by atoms with Crippen LogP contribution in [0, 0.1) is 0 Å². The largest absolute Gasteiger partial charge is 0.390 e. The number of hydrogen-bond donors (Lipinski definition) is 13. The first-order valence-corrected chi connectivity index (χ1v) is 14.4. The summed E-state index contributed by atoms with van der Waals surface area (Å²) >= 11 is 0. The highest BCUT2D eigenvalue weighted by Crippen LogP contribution is 2.31. The molecule has 19 heteroatoms. The molecule has 252 valence electrons. The number of ether oxygens (including phenoxy) is 6. The first-order valence-electron chi connectivity index (χ1n) is 14.4. The lowest BCUT2D eigenvalue weighted by Crippen LogP contribution is -2.69. The fourth-order valence-corrected chi connectivity index (χ4v) is 5.90. The molecule has 3 aliphatic heterocycles. The molecule has 19 nitrogen and oxygen atoms in total. The Hall–Kier alpha value is -0.760. The molecule has 1 aliphatic carbocycles. The Morgan fingerprint density at radius 3 is 1.70 bits per heavy atom. The Morgan fingerprint density at radius 1 is 0.535 bits per heavy atom. The van der Waals surface area contributed by atoms with E-state index in [9.17, 15) is 30.6 Å². The van der Waals surface area contributed by atoms with E-state index >= 15 is 0 Å². The summed E-state index contributed by atoms with van der Waals surface area (Å²) < 4.78 is 34.7. The van der Waals surface area contributed by atoms with E-state index in [1.807, 2.05) is 0 Å². The molecular weight excluding hydrogens is 578 g/mol. The van der Waals surface area contributed by atoms with Gasteiger partial charge in [0.25, 0.3) is 0 Å². The Morgan fingerprint density at radius 2 is 1.09 bits per heavy atom. The topological polar surface area (TPSA) is 359 Å². The molecule has 4 fully saturated rings. The molecule has 0 aromatic heterocycles. The van der Waals surface area contributed by atoms with Crippen LogP contribution in [-0.4, -0.2) is 167 Å². The molecule has 0 spiro atoms. The molecule has 0 unspecified atom stereocenters. The number of rotatable bonds is 9. The molecule has 20 N–H and O–H groups in total. The Balaban J connectivity index is 1.41. The van der Waals surface area contributed by atoms with Crippen LogP contribution < -0.4 is 40.1 Å². The van der Waals surface area contributed by atoms with Crippen LogP contribution >= 0.6 is 0 Å². The maximum atomic E-state index is 11.3. The number of nitrogens with two attached hydrogens (primary N) is 7. The van der Waals surface area contributed by atoms with E-state index in [-0.39, 0.29) is 32.5 Å². The summed E-state index contributed by atoms with van der Waals surface area (Å²) in [7, 11) is 0. The third kappa shape index (κ3) is 7.46. The molecule has 0 radical (unpaired) electrons. The highest BCUT2D eigenvalue weighted by atomic mass is 16.7. The van der Waals surface area contributed by atoms with Crippen molar-refractivity contribution in [2.75, 3.05) is 19.7 Å². The average Bonchev–Trinajstić information content (AvgIpc) is 2.97. The second kappa shape index (κ2) is 14.8. The summed E-state index contributed by atoms with van der Waals surface area (Å²) in [5.41, 5.74) is 42.2. The van der Waals surface area contributed by atoms with Gasteiger partial charge in [-0.1, -0.05) is 0 Å². The van der Waals surface area contributed by atoms with E-state index in [1.165, 1.54) is 0 Å². The quantitative estimate of drug-likeness (QED) is 0.113. The van der Waals surface area contributed by atoms with Crippen molar-refractivity contribution >= 4 is 0 Å². The molecular formula is C24H49N7O12. The Labute approximate surface area is 248 Å². The fraction of sp³-hybridized carbons (Fsp3) is 1.00. The minimum absolute atomic E-state index is 0.0256. The standard InChI is InChI=1S/C24H49N7O12/c25-3-10-9(32)2-8(29)22(39-10)42-20-6(27)1-7(28)21(19(20)37)43-23-14(31)16(34)13(30)12(41-23)5-38-24-18(36)17(35)15(33)11(4-26)40-24/h6-24,32-37H,1-5,25-31H2/t6-,7+,8+,9-,10+,11-,12+,13-,14+,15-,16-,17+,18-,19-,20+,21-,22+,23+,24-/m0/s1. The lowest BCUT2D eigenvalue weighted by atomic mass is 9.84. The molecule has 3 saturated heterocycles. The molecule has 1 saturated carbocycles. The summed E-state index contributed by atoms with van der Waals surface area (Å²) in [6, 6.07) is -4.50. The second-order valence-electron chi connectivity index (χ2n) is 11.8. The van der Waals surface area contributed by atoms with Gasteiger partial charge in [0.1, 0.15) is 48.8 Å². The van der Waals surface area contributed by atoms with Gasteiger partial charge in [-0.05, 0) is 12.8 Å². The van der Waals surface area contributed by atoms with Crippen LogP contribution in [0.2, 0.25) is 0 Å². The molecule has 43 heavy (non-hydrogen) atoms. The second-order valence-corrected chi connectivity index (χ2v) is 11.8. The number of aliphatic hydroxyl groups is 6. The molecule has 4 aliphatic rings. The van der Waals surface area contributed by atoms with Gasteiger partial charge in [0.15, 0.2) is 18.9 Å². The van der Waals surface area contributed by atoms with Gasteiger partial charge in [-0.15, -0.1) is 0 Å². The summed E-state index contributed by atoms with van der Waals surface area (Å²) in [6.45, 7) is -0.480. The summed E-state index contributed by atoms with van der Waals surface area (Å²) in [5.74, 6) is 0. The molecule has 19 atom stereocenters. The highest BCUT2D eigenvalue weighted by Gasteiger charge is 2.51. The van der Waals surface area contributed by atoms with Crippen molar-refractivity contribution in [1.29, 1.82) is 0 Å². The minimum atomic E-state index is -1.61. The zero-order chi connectivity index (χ0) is 31.7. The lowest BCUT2D eigenvalue weighted by molar-refractivity contribution is -0.318. The predicted octanol–water partition coefficient (Wildman–Crippen LogP) is -8.54. The molecule has 0 aromatic carbocycles. The van der Waals surface area contributed by atoms with Crippen molar-refractivity contribution in [1.82, 2.24) is 0 Å². The van der Waals surface area contributed by atoms with Gasteiger partial charge in [-0.2, -0.15) is 0 Å². The summed E-state index contributed by atoms with van der Waals surface area (Å²) in [6.07, 6.45) is -16.7. The van der Waals surface area contributed by atoms with Crippen molar-refractivity contribution in [2.24, 2.45) is 40.1 Å². The van der Waals surface area contributed by atoms with E-state index in [4.69, 9.17) is 68.6 Å². The van der Waals surface area contributed by atoms with Gasteiger partial charge in [0.05, 0.1) is 43.0 Å². The van der Waals surface area contributed by atoms with E-state index in [1.54, 1.807) is 0 Å². The zero-order valence-corrected chi connectivity index (χ0v) is 23.7. The Bertz CT molecular complexity index is 887. The maximum absolute atomic E-state index is 11.3. The number of aliphatic hydroxyl groups excluding tert-OH is 6. The molecule has 0 bridgehead atoms. The van der Waals surface area contributed by atoms with E-state index in [2.05, 4.69) is 0 Å². The summed E-state index contributed by atoms with van der Waals surface area (Å²) in [4.78, 5) is 0. The molecule has 4 rings (SSSR count). The first-order chi connectivity index (χ1) is 20.3.